The van der Waals surface area contributed by atoms with Crippen molar-refractivity contribution in [2.45, 2.75) is 31.3 Å². The predicted octanol–water partition coefficient (Wildman–Crippen LogP) is 1.65. The Hall–Kier alpha value is -1.95. The SMILES string of the molecule is COC(=O)C1CCC(O)(CNC(=O)c2ccc(F)cc2)CC1. The molecule has 0 atom stereocenters. The van der Waals surface area contributed by atoms with E-state index in [1.807, 2.05) is 0 Å². The van der Waals surface area contributed by atoms with Gasteiger partial charge in [0.1, 0.15) is 5.82 Å². The third-order valence-corrected chi connectivity index (χ3v) is 4.14. The molecule has 2 N–H and O–H groups in total. The molecule has 0 unspecified atom stereocenters. The summed E-state index contributed by atoms with van der Waals surface area (Å²) in [5, 5.41) is 13.1. The van der Waals surface area contributed by atoms with E-state index >= 15 is 0 Å². The molecule has 1 aliphatic rings. The van der Waals surface area contributed by atoms with Gasteiger partial charge in [-0.25, -0.2) is 4.39 Å². The molecule has 1 aromatic rings. The number of ether oxygens (including phenoxy) is 1. The summed E-state index contributed by atoms with van der Waals surface area (Å²) in [6.07, 6.45) is 1.93. The Morgan fingerprint density at radius 2 is 1.91 bits per heavy atom. The van der Waals surface area contributed by atoms with Crippen molar-refractivity contribution in [1.29, 1.82) is 0 Å². The van der Waals surface area contributed by atoms with E-state index in [0.29, 0.717) is 31.2 Å². The Balaban J connectivity index is 1.85. The van der Waals surface area contributed by atoms with Crippen molar-refractivity contribution in [3.8, 4) is 0 Å². The lowest BCUT2D eigenvalue weighted by molar-refractivity contribution is -0.148. The topological polar surface area (TPSA) is 75.6 Å². The minimum atomic E-state index is -1.01. The molecule has 1 amide bonds. The summed E-state index contributed by atoms with van der Waals surface area (Å²) in [7, 11) is 1.35. The Morgan fingerprint density at radius 3 is 2.45 bits per heavy atom. The van der Waals surface area contributed by atoms with Crippen LogP contribution in [0.3, 0.4) is 0 Å². The number of aliphatic hydroxyl groups is 1. The third-order valence-electron chi connectivity index (χ3n) is 4.14. The number of rotatable bonds is 4. The van der Waals surface area contributed by atoms with Gasteiger partial charge in [-0.2, -0.15) is 0 Å². The molecular formula is C16H20FNO4. The number of amides is 1. The number of nitrogens with one attached hydrogen (secondary N) is 1. The van der Waals surface area contributed by atoms with Crippen LogP contribution in [-0.2, 0) is 9.53 Å². The number of benzene rings is 1. The first-order chi connectivity index (χ1) is 10.4. The number of halogens is 1. The second-order valence-electron chi connectivity index (χ2n) is 5.71. The normalized spacial score (nSPS) is 24.6. The van der Waals surface area contributed by atoms with E-state index in [-0.39, 0.29) is 24.3 Å². The molecular weight excluding hydrogens is 289 g/mol. The van der Waals surface area contributed by atoms with Gasteiger partial charge in [-0.05, 0) is 49.9 Å². The van der Waals surface area contributed by atoms with Gasteiger partial charge in [0.25, 0.3) is 5.91 Å². The molecule has 0 aromatic heterocycles. The molecule has 120 valence electrons. The molecule has 1 saturated carbocycles. The average Bonchev–Trinajstić information content (AvgIpc) is 2.53. The predicted molar refractivity (Wildman–Crippen MR) is 77.7 cm³/mol. The zero-order valence-corrected chi connectivity index (χ0v) is 12.5. The molecule has 22 heavy (non-hydrogen) atoms. The molecule has 5 nitrogen and oxygen atoms in total. The molecule has 1 aliphatic carbocycles. The number of hydrogen-bond donors (Lipinski definition) is 2. The number of hydrogen-bond acceptors (Lipinski definition) is 4. The first-order valence-corrected chi connectivity index (χ1v) is 7.27. The van der Waals surface area contributed by atoms with Crippen LogP contribution in [-0.4, -0.2) is 36.2 Å². The van der Waals surface area contributed by atoms with Crippen LogP contribution in [0, 0.1) is 11.7 Å². The van der Waals surface area contributed by atoms with E-state index < -0.39 is 11.4 Å². The summed E-state index contributed by atoms with van der Waals surface area (Å²) in [5.41, 5.74) is -0.673. The maximum Gasteiger partial charge on any atom is 0.308 e. The molecule has 6 heteroatoms. The highest BCUT2D eigenvalue weighted by Gasteiger charge is 2.36. The van der Waals surface area contributed by atoms with Crippen LogP contribution in [0.2, 0.25) is 0 Å². The van der Waals surface area contributed by atoms with Gasteiger partial charge in [-0.1, -0.05) is 0 Å². The fourth-order valence-corrected chi connectivity index (χ4v) is 2.68. The van der Waals surface area contributed by atoms with Crippen LogP contribution in [0.1, 0.15) is 36.0 Å². The van der Waals surface area contributed by atoms with Crippen molar-refractivity contribution in [3.63, 3.8) is 0 Å². The number of esters is 1. The van der Waals surface area contributed by atoms with E-state index in [2.05, 4.69) is 5.32 Å². The smallest absolute Gasteiger partial charge is 0.308 e. The largest absolute Gasteiger partial charge is 0.469 e. The lowest BCUT2D eigenvalue weighted by Gasteiger charge is -2.35. The minimum absolute atomic E-state index is 0.108. The maximum absolute atomic E-state index is 12.8. The Morgan fingerprint density at radius 1 is 1.32 bits per heavy atom. The van der Waals surface area contributed by atoms with Crippen LogP contribution >= 0.6 is 0 Å². The van der Waals surface area contributed by atoms with Crippen LogP contribution in [0.15, 0.2) is 24.3 Å². The van der Waals surface area contributed by atoms with Gasteiger partial charge in [0.2, 0.25) is 0 Å². The van der Waals surface area contributed by atoms with E-state index in [1.165, 1.54) is 31.4 Å². The van der Waals surface area contributed by atoms with Crippen molar-refractivity contribution < 1.29 is 23.8 Å². The molecule has 0 spiro atoms. The van der Waals surface area contributed by atoms with Crippen molar-refractivity contribution in [2.75, 3.05) is 13.7 Å². The minimum Gasteiger partial charge on any atom is -0.469 e. The van der Waals surface area contributed by atoms with Crippen LogP contribution < -0.4 is 5.32 Å². The number of carbonyl (C=O) groups excluding carboxylic acids is 2. The molecule has 0 heterocycles. The first kappa shape index (κ1) is 16.4. The van der Waals surface area contributed by atoms with E-state index in [1.54, 1.807) is 0 Å². The quantitative estimate of drug-likeness (QED) is 0.829. The monoisotopic (exact) mass is 309 g/mol. The van der Waals surface area contributed by atoms with Crippen molar-refractivity contribution in [1.82, 2.24) is 5.32 Å². The summed E-state index contributed by atoms with van der Waals surface area (Å²) >= 11 is 0. The fourth-order valence-electron chi connectivity index (χ4n) is 2.68. The molecule has 0 bridgehead atoms. The fraction of sp³-hybridized carbons (Fsp3) is 0.500. The van der Waals surface area contributed by atoms with Crippen LogP contribution in [0.25, 0.3) is 0 Å². The van der Waals surface area contributed by atoms with Crippen molar-refractivity contribution in [3.05, 3.63) is 35.6 Å². The Labute approximate surface area is 128 Å². The average molecular weight is 309 g/mol. The molecule has 2 rings (SSSR count). The maximum atomic E-state index is 12.8. The number of carbonyl (C=O) groups is 2. The van der Waals surface area contributed by atoms with E-state index in [9.17, 15) is 19.1 Å². The standard InChI is InChI=1S/C16H20FNO4/c1-22-15(20)12-6-8-16(21,9-7-12)10-18-14(19)11-2-4-13(17)5-3-11/h2-5,12,21H,6-10H2,1H3,(H,18,19). The third kappa shape index (κ3) is 4.04. The summed E-state index contributed by atoms with van der Waals surface area (Å²) in [6.45, 7) is 0.108. The van der Waals surface area contributed by atoms with E-state index in [0.717, 1.165) is 0 Å². The zero-order chi connectivity index (χ0) is 16.2. The van der Waals surface area contributed by atoms with Gasteiger partial charge < -0.3 is 15.2 Å². The lowest BCUT2D eigenvalue weighted by Crippen LogP contribution is -2.46. The second-order valence-corrected chi connectivity index (χ2v) is 5.71. The highest BCUT2D eigenvalue weighted by Crippen LogP contribution is 2.32. The van der Waals surface area contributed by atoms with Crippen LogP contribution in [0.5, 0.6) is 0 Å². The highest BCUT2D eigenvalue weighted by atomic mass is 19.1. The van der Waals surface area contributed by atoms with Gasteiger partial charge in [0.15, 0.2) is 0 Å². The van der Waals surface area contributed by atoms with E-state index in [4.69, 9.17) is 4.74 Å². The Kier molecular flexibility index (Phi) is 5.13. The second kappa shape index (κ2) is 6.87. The molecule has 1 aromatic carbocycles. The Bertz CT molecular complexity index is 536. The lowest BCUT2D eigenvalue weighted by atomic mass is 9.78. The summed E-state index contributed by atoms with van der Waals surface area (Å²) in [4.78, 5) is 23.4. The van der Waals surface area contributed by atoms with Gasteiger partial charge in [-0.15, -0.1) is 0 Å². The number of methoxy groups -OCH3 is 1. The van der Waals surface area contributed by atoms with Crippen molar-refractivity contribution >= 4 is 11.9 Å². The molecule has 0 saturated heterocycles. The van der Waals surface area contributed by atoms with Gasteiger partial charge in [0, 0.05) is 12.1 Å². The van der Waals surface area contributed by atoms with Gasteiger partial charge in [-0.3, -0.25) is 9.59 Å². The molecule has 0 radical (unpaired) electrons. The van der Waals surface area contributed by atoms with Gasteiger partial charge in [0.05, 0.1) is 18.6 Å². The zero-order valence-electron chi connectivity index (χ0n) is 12.5. The first-order valence-electron chi connectivity index (χ1n) is 7.27. The van der Waals surface area contributed by atoms with Gasteiger partial charge >= 0.3 is 5.97 Å². The molecule has 0 aliphatic heterocycles. The highest BCUT2D eigenvalue weighted by molar-refractivity contribution is 5.94. The molecule has 1 fully saturated rings. The summed E-state index contributed by atoms with van der Waals surface area (Å²) in [5.74, 6) is -1.20. The summed E-state index contributed by atoms with van der Waals surface area (Å²) < 4.78 is 17.5. The summed E-state index contributed by atoms with van der Waals surface area (Å²) in [6, 6.07) is 5.21. The van der Waals surface area contributed by atoms with Crippen molar-refractivity contribution in [2.24, 2.45) is 5.92 Å². The van der Waals surface area contributed by atoms with Crippen LogP contribution in [0.4, 0.5) is 4.39 Å².